The number of pyridine rings is 1. The third-order valence-corrected chi connectivity index (χ3v) is 8.28. The Morgan fingerprint density at radius 1 is 1.02 bits per heavy atom. The second-order valence-electron chi connectivity index (χ2n) is 9.70. The number of amides is 1. The summed E-state index contributed by atoms with van der Waals surface area (Å²) in [5.74, 6) is -1.01. The topological polar surface area (TPSA) is 99.5 Å². The summed E-state index contributed by atoms with van der Waals surface area (Å²) in [7, 11) is 1.41. The zero-order chi connectivity index (χ0) is 30.7. The average molecular weight is 620 g/mol. The summed E-state index contributed by atoms with van der Waals surface area (Å²) in [6, 6.07) is 13.5. The van der Waals surface area contributed by atoms with E-state index in [9.17, 15) is 27.6 Å². The first kappa shape index (κ1) is 30.3. The van der Waals surface area contributed by atoms with Crippen LogP contribution in [0.1, 0.15) is 40.1 Å². The van der Waals surface area contributed by atoms with Crippen molar-refractivity contribution in [3.8, 4) is 5.75 Å². The Morgan fingerprint density at radius 2 is 1.74 bits per heavy atom. The molecule has 10 nitrogen and oxygen atoms in total. The molecule has 1 aromatic heterocycles. The zero-order valence-corrected chi connectivity index (χ0v) is 24.0. The number of carbonyl (C=O) groups is 2. The fourth-order valence-electron chi connectivity index (χ4n) is 4.96. The molecule has 0 fully saturated rings. The Bertz CT molecular complexity index is 1520. The maximum absolute atomic E-state index is 14.1. The standard InChI is InChI=1S/C29H28F3N3O7S/c1-18(29(30,31)32)33-16-35(24-20-8-4-3-7-19(20)15-43-23-10-6-5-9-21(23)24)34-12-11-22(36)26(25(34)27(33)37)41-17-42-28(38)40-14-13-39-2/h3-12,18,24H,13-17H2,1-2H3/t18-,24+/m1/s1. The van der Waals surface area contributed by atoms with Crippen LogP contribution in [0.25, 0.3) is 0 Å². The minimum absolute atomic E-state index is 0.0981. The van der Waals surface area contributed by atoms with Gasteiger partial charge in [-0.05, 0) is 29.7 Å². The molecule has 0 saturated heterocycles. The lowest BCUT2D eigenvalue weighted by molar-refractivity contribution is -0.173. The number of alkyl halides is 3. The molecule has 3 aromatic rings. The first-order chi connectivity index (χ1) is 20.6. The highest BCUT2D eigenvalue weighted by Crippen LogP contribution is 2.43. The van der Waals surface area contributed by atoms with Gasteiger partial charge in [0.15, 0.2) is 5.69 Å². The number of halogens is 3. The fraction of sp³-hybridized carbons (Fsp3) is 0.345. The van der Waals surface area contributed by atoms with Crippen LogP contribution in [0.2, 0.25) is 0 Å². The molecule has 3 heterocycles. The van der Waals surface area contributed by atoms with E-state index in [1.165, 1.54) is 18.0 Å². The molecule has 14 heteroatoms. The molecule has 0 spiro atoms. The van der Waals surface area contributed by atoms with E-state index < -0.39 is 60.7 Å². The van der Waals surface area contributed by atoms with Gasteiger partial charge in [0.2, 0.25) is 18.0 Å². The second kappa shape index (κ2) is 12.6. The Morgan fingerprint density at radius 3 is 2.49 bits per heavy atom. The first-order valence-electron chi connectivity index (χ1n) is 13.2. The van der Waals surface area contributed by atoms with Crippen molar-refractivity contribution in [1.82, 2.24) is 9.58 Å². The molecule has 2 aliphatic heterocycles. The number of aromatic nitrogens is 1. The van der Waals surface area contributed by atoms with Gasteiger partial charge in [0.05, 0.1) is 12.6 Å². The minimum atomic E-state index is -4.76. The van der Waals surface area contributed by atoms with Crippen molar-refractivity contribution in [2.45, 2.75) is 35.8 Å². The van der Waals surface area contributed by atoms with Crippen LogP contribution in [0.5, 0.6) is 5.75 Å². The molecule has 2 aromatic carbocycles. The number of ether oxygens (including phenoxy) is 4. The minimum Gasteiger partial charge on any atom is -0.451 e. The Kier molecular flexibility index (Phi) is 8.87. The van der Waals surface area contributed by atoms with E-state index in [0.29, 0.717) is 10.7 Å². The maximum Gasteiger partial charge on any atom is 0.511 e. The van der Waals surface area contributed by atoms with Crippen LogP contribution in [0.15, 0.2) is 70.5 Å². The van der Waals surface area contributed by atoms with Crippen LogP contribution in [0.3, 0.4) is 0 Å². The number of hydrogen-bond acceptors (Lipinski definition) is 9. The smallest absolute Gasteiger partial charge is 0.451 e. The van der Waals surface area contributed by atoms with E-state index in [1.807, 2.05) is 48.5 Å². The molecule has 0 N–H and O–H groups in total. The van der Waals surface area contributed by atoms with Crippen LogP contribution in [-0.4, -0.2) is 67.6 Å². The number of benzene rings is 2. The summed E-state index contributed by atoms with van der Waals surface area (Å²) in [5, 5.41) is 1.61. The van der Waals surface area contributed by atoms with E-state index in [-0.39, 0.29) is 13.2 Å². The average Bonchev–Trinajstić information content (AvgIpc) is 3.15. The first-order valence-corrected chi connectivity index (χ1v) is 14.2. The maximum atomic E-state index is 14.1. The molecule has 5 rings (SSSR count). The highest BCUT2D eigenvalue weighted by Gasteiger charge is 2.47. The van der Waals surface area contributed by atoms with Crippen molar-refractivity contribution in [3.05, 3.63) is 93.4 Å². The van der Waals surface area contributed by atoms with Gasteiger partial charge in [-0.1, -0.05) is 42.5 Å². The monoisotopic (exact) mass is 619 g/mol. The van der Waals surface area contributed by atoms with Crippen molar-refractivity contribution in [1.29, 1.82) is 0 Å². The fourth-order valence-corrected chi connectivity index (χ4v) is 6.06. The number of methoxy groups -OCH3 is 1. The molecule has 0 bridgehead atoms. The third kappa shape index (κ3) is 6.15. The molecule has 228 valence electrons. The Labute approximate surface area is 248 Å². The molecule has 0 unspecified atom stereocenters. The van der Waals surface area contributed by atoms with Gasteiger partial charge in [0.25, 0.3) is 5.91 Å². The van der Waals surface area contributed by atoms with Gasteiger partial charge in [-0.15, -0.1) is 11.8 Å². The Hall–Kier alpha value is -4.17. The van der Waals surface area contributed by atoms with Gasteiger partial charge in [0, 0.05) is 30.0 Å². The largest absolute Gasteiger partial charge is 0.511 e. The summed E-state index contributed by atoms with van der Waals surface area (Å²) >= 11 is 1.60. The van der Waals surface area contributed by atoms with Gasteiger partial charge < -0.3 is 23.8 Å². The second-order valence-corrected chi connectivity index (χ2v) is 10.7. The van der Waals surface area contributed by atoms with Crippen molar-refractivity contribution in [2.75, 3.05) is 38.8 Å². The Balaban J connectivity index is 1.62. The number of hydrogen-bond donors (Lipinski definition) is 0. The van der Waals surface area contributed by atoms with Crippen LogP contribution >= 0.6 is 11.8 Å². The summed E-state index contributed by atoms with van der Waals surface area (Å²) in [6.45, 7) is -0.371. The number of rotatable bonds is 8. The zero-order valence-electron chi connectivity index (χ0n) is 23.2. The van der Waals surface area contributed by atoms with Gasteiger partial charge in [-0.3, -0.25) is 19.3 Å². The lowest BCUT2D eigenvalue weighted by Gasteiger charge is -2.46. The molecule has 0 saturated carbocycles. The lowest BCUT2D eigenvalue weighted by Crippen LogP contribution is -2.60. The summed E-state index contributed by atoms with van der Waals surface area (Å²) in [4.78, 5) is 40.2. The van der Waals surface area contributed by atoms with E-state index >= 15 is 0 Å². The van der Waals surface area contributed by atoms with E-state index in [1.54, 1.807) is 16.8 Å². The number of thioether (sulfide) groups is 1. The molecular weight excluding hydrogens is 591 g/mol. The molecule has 2 aliphatic rings. The molecule has 1 amide bonds. The highest BCUT2D eigenvalue weighted by molar-refractivity contribution is 7.98. The summed E-state index contributed by atoms with van der Waals surface area (Å²) < 4.78 is 63.5. The number of carbonyl (C=O) groups excluding carboxylic acids is 2. The van der Waals surface area contributed by atoms with Crippen molar-refractivity contribution in [2.24, 2.45) is 0 Å². The van der Waals surface area contributed by atoms with E-state index in [4.69, 9.17) is 18.9 Å². The quantitative estimate of drug-likeness (QED) is 0.202. The number of nitrogens with zero attached hydrogens (tertiary/aromatic N) is 3. The van der Waals surface area contributed by atoms with Crippen LogP contribution in [-0.2, 0) is 20.0 Å². The van der Waals surface area contributed by atoms with Crippen molar-refractivity contribution < 1.29 is 41.7 Å². The predicted octanol–water partition coefficient (Wildman–Crippen LogP) is 4.68. The SMILES string of the molecule is COCCOC(=O)OCOc1c2n(ccc1=O)N([C@H]1c3ccccc3CSc3ccccc31)CN([C@H](C)C(F)(F)F)C2=O. The molecule has 43 heavy (non-hydrogen) atoms. The normalized spacial score (nSPS) is 16.9. The predicted molar refractivity (Wildman–Crippen MR) is 150 cm³/mol. The summed E-state index contributed by atoms with van der Waals surface area (Å²) in [5.41, 5.74) is 1.41. The van der Waals surface area contributed by atoms with Crippen molar-refractivity contribution in [3.63, 3.8) is 0 Å². The lowest BCUT2D eigenvalue weighted by atomic mass is 9.94. The third-order valence-electron chi connectivity index (χ3n) is 7.15. The summed E-state index contributed by atoms with van der Waals surface area (Å²) in [6.07, 6.45) is -4.54. The van der Waals surface area contributed by atoms with Gasteiger partial charge in [-0.25, -0.2) is 4.79 Å². The molecule has 0 radical (unpaired) electrons. The van der Waals surface area contributed by atoms with Crippen LogP contribution in [0.4, 0.5) is 18.0 Å². The van der Waals surface area contributed by atoms with Crippen LogP contribution in [0, 0.1) is 0 Å². The van der Waals surface area contributed by atoms with Gasteiger partial charge >= 0.3 is 12.3 Å². The van der Waals surface area contributed by atoms with Crippen LogP contribution < -0.4 is 15.2 Å². The number of fused-ring (bicyclic) bond motifs is 3. The van der Waals surface area contributed by atoms with E-state index in [0.717, 1.165) is 34.6 Å². The van der Waals surface area contributed by atoms with Gasteiger partial charge in [0.1, 0.15) is 19.3 Å². The van der Waals surface area contributed by atoms with Crippen molar-refractivity contribution >= 4 is 23.8 Å². The molecular formula is C29H28F3N3O7S. The highest BCUT2D eigenvalue weighted by atomic mass is 32.2. The van der Waals surface area contributed by atoms with E-state index in [2.05, 4.69) is 0 Å². The molecule has 2 atom stereocenters. The molecule has 0 aliphatic carbocycles. The van der Waals surface area contributed by atoms with Gasteiger partial charge in [-0.2, -0.15) is 13.2 Å².